The van der Waals surface area contributed by atoms with E-state index in [2.05, 4.69) is 26.2 Å². The molecule has 0 aromatic carbocycles. The smallest absolute Gasteiger partial charge is 0.194 e. The minimum Gasteiger partial charge on any atom is -0.231 e. The Balaban J connectivity index is 2.42. The van der Waals surface area contributed by atoms with Crippen LogP contribution in [0.3, 0.4) is 0 Å². The van der Waals surface area contributed by atoms with E-state index in [1.807, 2.05) is 26.8 Å². The van der Waals surface area contributed by atoms with Crippen LogP contribution in [-0.4, -0.2) is 20.2 Å². The molecule has 2 heterocycles. The summed E-state index contributed by atoms with van der Waals surface area (Å²) in [7, 11) is 0. The largest absolute Gasteiger partial charge is 0.231 e. The first kappa shape index (κ1) is 12.5. The van der Waals surface area contributed by atoms with E-state index in [-0.39, 0.29) is 0 Å². The average Bonchev–Trinajstić information content (AvgIpc) is 2.34. The summed E-state index contributed by atoms with van der Waals surface area (Å²) in [5.41, 5.74) is 3.03. The Morgan fingerprint density at radius 3 is 2.67 bits per heavy atom. The molecule has 0 radical (unpaired) electrons. The summed E-state index contributed by atoms with van der Waals surface area (Å²) in [6.07, 6.45) is 1.69. The van der Waals surface area contributed by atoms with Crippen LogP contribution < -0.4 is 0 Å². The minimum absolute atomic E-state index is 0.539. The van der Waals surface area contributed by atoms with Crippen molar-refractivity contribution in [3.8, 4) is 6.07 Å². The number of aryl methyl sites for hydroxylation is 2. The van der Waals surface area contributed by atoms with E-state index in [1.165, 1.54) is 11.8 Å². The van der Waals surface area contributed by atoms with Crippen molar-refractivity contribution in [1.29, 1.82) is 5.26 Å². The van der Waals surface area contributed by atoms with Crippen LogP contribution in [0.25, 0.3) is 0 Å². The van der Waals surface area contributed by atoms with Gasteiger partial charge in [0.25, 0.3) is 0 Å². The van der Waals surface area contributed by atoms with Gasteiger partial charge in [-0.3, -0.25) is 0 Å². The molecule has 0 saturated carbocycles. The minimum atomic E-state index is 0.539. The van der Waals surface area contributed by atoms with Crippen LogP contribution in [0.1, 0.15) is 22.5 Å². The van der Waals surface area contributed by atoms with E-state index >= 15 is 0 Å². The monoisotopic (exact) mass is 257 g/mol. The summed E-state index contributed by atoms with van der Waals surface area (Å²) < 4.78 is 0. The summed E-state index contributed by atoms with van der Waals surface area (Å²) in [5, 5.41) is 18.4. The zero-order valence-corrected chi connectivity index (χ0v) is 11.1. The second-order valence-corrected chi connectivity index (χ2v) is 4.74. The first-order valence-electron chi connectivity index (χ1n) is 5.33. The Morgan fingerprint density at radius 1 is 1.22 bits per heavy atom. The molecule has 0 aliphatic carbocycles. The highest BCUT2D eigenvalue weighted by atomic mass is 32.2. The van der Waals surface area contributed by atoms with Crippen molar-refractivity contribution in [1.82, 2.24) is 20.2 Å². The molecule has 18 heavy (non-hydrogen) atoms. The maximum atomic E-state index is 9.18. The maximum absolute atomic E-state index is 9.18. The fourth-order valence-electron chi connectivity index (χ4n) is 1.35. The highest BCUT2D eigenvalue weighted by Crippen LogP contribution is 2.27. The second-order valence-electron chi connectivity index (χ2n) is 3.79. The third kappa shape index (κ3) is 2.46. The Hall–Kier alpha value is -2.00. The summed E-state index contributed by atoms with van der Waals surface area (Å²) in [4.78, 5) is 8.41. The van der Waals surface area contributed by atoms with E-state index in [0.717, 1.165) is 17.0 Å². The number of nitrogens with zero attached hydrogens (tertiary/aromatic N) is 5. The molecule has 2 aromatic rings. The van der Waals surface area contributed by atoms with Gasteiger partial charge in [-0.1, -0.05) is 0 Å². The van der Waals surface area contributed by atoms with Gasteiger partial charge in [-0.15, -0.1) is 5.10 Å². The topological polar surface area (TPSA) is 75.3 Å². The van der Waals surface area contributed by atoms with Gasteiger partial charge in [0.05, 0.1) is 11.3 Å². The van der Waals surface area contributed by atoms with Gasteiger partial charge >= 0.3 is 0 Å². The van der Waals surface area contributed by atoms with Crippen LogP contribution in [0, 0.1) is 32.1 Å². The highest BCUT2D eigenvalue weighted by Gasteiger charge is 2.13. The standard InChI is InChI=1S/C12H11N5S/c1-7-4-5-14-12(15-7)18-11-10(6-13)8(2)9(3)16-17-11/h4-5H,1-3H3. The summed E-state index contributed by atoms with van der Waals surface area (Å²) in [6, 6.07) is 3.98. The molecule has 2 aromatic heterocycles. The predicted octanol–water partition coefficient (Wildman–Crippen LogP) is 2.21. The molecule has 2 rings (SSSR count). The van der Waals surface area contributed by atoms with Crippen molar-refractivity contribution in [2.75, 3.05) is 0 Å². The van der Waals surface area contributed by atoms with Crippen molar-refractivity contribution >= 4 is 11.8 Å². The zero-order chi connectivity index (χ0) is 13.1. The molecule has 0 amide bonds. The lowest BCUT2D eigenvalue weighted by Gasteiger charge is -2.05. The fourth-order valence-corrected chi connectivity index (χ4v) is 2.21. The van der Waals surface area contributed by atoms with Crippen LogP contribution in [0.2, 0.25) is 0 Å². The van der Waals surface area contributed by atoms with E-state index in [9.17, 15) is 5.26 Å². The van der Waals surface area contributed by atoms with Gasteiger partial charge in [-0.2, -0.15) is 10.4 Å². The van der Waals surface area contributed by atoms with Crippen LogP contribution in [0.15, 0.2) is 22.4 Å². The fraction of sp³-hybridized carbons (Fsp3) is 0.250. The van der Waals surface area contributed by atoms with Gasteiger partial charge in [0.15, 0.2) is 5.16 Å². The number of aromatic nitrogens is 4. The zero-order valence-electron chi connectivity index (χ0n) is 10.3. The Kier molecular flexibility index (Phi) is 3.53. The van der Waals surface area contributed by atoms with E-state index in [1.54, 1.807) is 6.20 Å². The predicted molar refractivity (Wildman–Crippen MR) is 67.1 cm³/mol. The van der Waals surface area contributed by atoms with Gasteiger partial charge < -0.3 is 0 Å². The quantitative estimate of drug-likeness (QED) is 0.768. The summed E-state index contributed by atoms with van der Waals surface area (Å²) in [5.74, 6) is 0. The number of hydrogen-bond acceptors (Lipinski definition) is 6. The molecule has 6 heteroatoms. The van der Waals surface area contributed by atoms with Crippen LogP contribution in [-0.2, 0) is 0 Å². The van der Waals surface area contributed by atoms with E-state index in [0.29, 0.717) is 15.7 Å². The lowest BCUT2D eigenvalue weighted by Crippen LogP contribution is -1.99. The highest BCUT2D eigenvalue weighted by molar-refractivity contribution is 7.99. The number of hydrogen-bond donors (Lipinski definition) is 0. The Labute approximate surface area is 109 Å². The Bertz CT molecular complexity index is 633. The third-order valence-corrected chi connectivity index (χ3v) is 3.35. The molecule has 0 bridgehead atoms. The molecule has 90 valence electrons. The lowest BCUT2D eigenvalue weighted by atomic mass is 10.1. The SMILES string of the molecule is Cc1ccnc(Sc2nnc(C)c(C)c2C#N)n1. The molecule has 0 saturated heterocycles. The molecule has 0 fully saturated rings. The number of nitriles is 1. The summed E-state index contributed by atoms with van der Waals surface area (Å²) in [6.45, 7) is 5.59. The van der Waals surface area contributed by atoms with Crippen LogP contribution in [0.4, 0.5) is 0 Å². The molecule has 0 N–H and O–H groups in total. The van der Waals surface area contributed by atoms with Crippen LogP contribution in [0.5, 0.6) is 0 Å². The molecular formula is C12H11N5S. The average molecular weight is 257 g/mol. The maximum Gasteiger partial charge on any atom is 0.194 e. The first-order valence-corrected chi connectivity index (χ1v) is 6.15. The third-order valence-electron chi connectivity index (χ3n) is 2.49. The second kappa shape index (κ2) is 5.10. The van der Waals surface area contributed by atoms with Crippen molar-refractivity contribution in [3.05, 3.63) is 34.8 Å². The van der Waals surface area contributed by atoms with E-state index < -0.39 is 0 Å². The molecule has 0 aliphatic rings. The molecule has 0 atom stereocenters. The normalized spacial score (nSPS) is 10.1. The molecule has 0 unspecified atom stereocenters. The summed E-state index contributed by atoms with van der Waals surface area (Å²) >= 11 is 1.26. The van der Waals surface area contributed by atoms with Crippen molar-refractivity contribution in [2.24, 2.45) is 0 Å². The first-order chi connectivity index (χ1) is 8.61. The van der Waals surface area contributed by atoms with Crippen molar-refractivity contribution < 1.29 is 0 Å². The number of rotatable bonds is 2. The molecule has 0 spiro atoms. The van der Waals surface area contributed by atoms with Gasteiger partial charge in [0, 0.05) is 11.9 Å². The molecule has 0 aliphatic heterocycles. The molecule has 5 nitrogen and oxygen atoms in total. The van der Waals surface area contributed by atoms with Crippen molar-refractivity contribution in [2.45, 2.75) is 31.0 Å². The molecular weight excluding hydrogens is 246 g/mol. The van der Waals surface area contributed by atoms with E-state index in [4.69, 9.17) is 0 Å². The van der Waals surface area contributed by atoms with Gasteiger partial charge in [-0.05, 0) is 44.2 Å². The lowest BCUT2D eigenvalue weighted by molar-refractivity contribution is 0.861. The van der Waals surface area contributed by atoms with Gasteiger partial charge in [0.1, 0.15) is 11.1 Å². The van der Waals surface area contributed by atoms with Gasteiger partial charge in [0.2, 0.25) is 0 Å². The Morgan fingerprint density at radius 2 is 2.00 bits per heavy atom. The van der Waals surface area contributed by atoms with Crippen LogP contribution >= 0.6 is 11.8 Å². The van der Waals surface area contributed by atoms with Crippen molar-refractivity contribution in [3.63, 3.8) is 0 Å². The van der Waals surface area contributed by atoms with Gasteiger partial charge in [-0.25, -0.2) is 9.97 Å².